The summed E-state index contributed by atoms with van der Waals surface area (Å²) < 4.78 is 22.9. The number of esters is 2. The highest BCUT2D eigenvalue weighted by atomic mass is 16.7. The number of carbonyl (C=O) groups is 3. The molecule has 0 bridgehead atoms. The van der Waals surface area contributed by atoms with Crippen LogP contribution in [0.4, 0.5) is 0 Å². The van der Waals surface area contributed by atoms with Gasteiger partial charge in [0.05, 0.1) is 40.3 Å². The van der Waals surface area contributed by atoms with Crippen molar-refractivity contribution in [2.24, 2.45) is 0 Å². The third-order valence-corrected chi connectivity index (χ3v) is 20.6. The van der Waals surface area contributed by atoms with Gasteiger partial charge in [0, 0.05) is 12.8 Å². The quantitative estimate of drug-likeness (QED) is 0.0195. The summed E-state index contributed by atoms with van der Waals surface area (Å²) in [5, 5.41) is 11.9. The van der Waals surface area contributed by atoms with Crippen LogP contribution in [0.15, 0.2) is 48.6 Å². The number of hydrogen-bond donors (Lipinski definition) is 0. The van der Waals surface area contributed by atoms with Crippen LogP contribution in [-0.4, -0.2) is 82.3 Å². The van der Waals surface area contributed by atoms with Gasteiger partial charge in [0.2, 0.25) is 0 Å². The van der Waals surface area contributed by atoms with E-state index < -0.39 is 24.3 Å². The number of likely N-dealkylation sites (N-methyl/N-ethyl adjacent to an activating group) is 1. The molecule has 2 atom stereocenters. The number of carboxylic acids is 1. The Morgan fingerprint density at radius 1 is 0.307 bits per heavy atom. The lowest BCUT2D eigenvalue weighted by Crippen LogP contribution is -2.44. The summed E-state index contributed by atoms with van der Waals surface area (Å²) in [5.74, 6) is -2.24. The Labute approximate surface area is 629 Å². The fourth-order valence-corrected chi connectivity index (χ4v) is 13.8. The Morgan fingerprint density at radius 2 is 0.564 bits per heavy atom. The largest absolute Gasteiger partial charge is 0.545 e. The van der Waals surface area contributed by atoms with E-state index >= 15 is 0 Å². The number of ether oxygens (including phenoxy) is 4. The average molecular weight is 1420 g/mol. The minimum Gasteiger partial charge on any atom is -0.545 e. The Hall–Kier alpha value is -2.75. The van der Waals surface area contributed by atoms with E-state index in [0.717, 1.165) is 64.2 Å². The molecule has 0 fully saturated rings. The molecule has 9 heteroatoms. The first-order chi connectivity index (χ1) is 49.6. The number of nitrogens with zero attached hydrogens (tertiary/aromatic N) is 1. The first-order valence-electron chi connectivity index (χ1n) is 44.8. The third kappa shape index (κ3) is 84.4. The van der Waals surface area contributed by atoms with E-state index in [-0.39, 0.29) is 32.2 Å². The maximum absolute atomic E-state index is 13.0. The molecular formula is C92H173NO8. The molecule has 0 amide bonds. The highest BCUT2D eigenvalue weighted by molar-refractivity contribution is 5.70. The van der Waals surface area contributed by atoms with Crippen molar-refractivity contribution in [2.75, 3.05) is 47.5 Å². The van der Waals surface area contributed by atoms with Crippen molar-refractivity contribution in [1.29, 1.82) is 0 Å². The number of aliphatic carboxylic acids is 1. The molecule has 0 aromatic rings. The van der Waals surface area contributed by atoms with Gasteiger partial charge in [0.15, 0.2) is 12.4 Å². The van der Waals surface area contributed by atoms with E-state index in [1.165, 1.54) is 372 Å². The lowest BCUT2D eigenvalue weighted by atomic mass is 10.0. The van der Waals surface area contributed by atoms with Gasteiger partial charge >= 0.3 is 11.9 Å². The van der Waals surface area contributed by atoms with Gasteiger partial charge in [-0.1, -0.05) is 448 Å². The number of carboxylic acid groups (broad SMARTS) is 1. The monoisotopic (exact) mass is 1420 g/mol. The van der Waals surface area contributed by atoms with Gasteiger partial charge in [-0.2, -0.15) is 0 Å². The first-order valence-corrected chi connectivity index (χ1v) is 44.8. The normalized spacial score (nSPS) is 12.8. The topological polar surface area (TPSA) is 111 Å². The predicted molar refractivity (Wildman–Crippen MR) is 436 cm³/mol. The number of hydrogen-bond acceptors (Lipinski definition) is 8. The molecule has 0 N–H and O–H groups in total. The van der Waals surface area contributed by atoms with Gasteiger partial charge in [0.1, 0.15) is 13.2 Å². The van der Waals surface area contributed by atoms with E-state index in [1.807, 2.05) is 21.1 Å². The third-order valence-electron chi connectivity index (χ3n) is 20.6. The maximum Gasteiger partial charge on any atom is 0.306 e. The fourth-order valence-electron chi connectivity index (χ4n) is 13.8. The fraction of sp³-hybridized carbons (Fsp3) is 0.880. The molecular weight excluding hydrogens is 1250 g/mol. The minimum atomic E-state index is -1.62. The Kier molecular flexibility index (Phi) is 80.6. The van der Waals surface area contributed by atoms with Crippen molar-refractivity contribution in [1.82, 2.24) is 0 Å². The molecule has 0 radical (unpaired) electrons. The summed E-state index contributed by atoms with van der Waals surface area (Å²) in [4.78, 5) is 37.7. The minimum absolute atomic E-state index is 0.151. The number of unbranched alkanes of at least 4 members (excludes halogenated alkanes) is 62. The molecule has 0 spiro atoms. The van der Waals surface area contributed by atoms with Crippen molar-refractivity contribution in [3.05, 3.63) is 48.6 Å². The van der Waals surface area contributed by atoms with E-state index in [1.54, 1.807) is 0 Å². The molecule has 101 heavy (non-hydrogen) atoms. The Balaban J connectivity index is 3.89. The zero-order valence-electron chi connectivity index (χ0n) is 68.3. The highest BCUT2D eigenvalue weighted by Gasteiger charge is 2.22. The van der Waals surface area contributed by atoms with E-state index in [2.05, 4.69) is 62.5 Å². The van der Waals surface area contributed by atoms with Crippen LogP contribution in [0.2, 0.25) is 0 Å². The van der Waals surface area contributed by atoms with Gasteiger partial charge in [-0.05, 0) is 51.4 Å². The summed E-state index contributed by atoms with van der Waals surface area (Å²) in [5.41, 5.74) is 0. The van der Waals surface area contributed by atoms with Crippen LogP contribution in [0.1, 0.15) is 463 Å². The number of carbonyl (C=O) groups excluding carboxylic acids is 3. The molecule has 0 heterocycles. The Morgan fingerprint density at radius 3 is 0.842 bits per heavy atom. The molecule has 9 nitrogen and oxygen atoms in total. The van der Waals surface area contributed by atoms with Crippen LogP contribution < -0.4 is 5.11 Å². The van der Waals surface area contributed by atoms with Crippen molar-refractivity contribution in [2.45, 2.75) is 476 Å². The van der Waals surface area contributed by atoms with Crippen molar-refractivity contribution in [3.63, 3.8) is 0 Å². The zero-order chi connectivity index (χ0) is 73.2. The van der Waals surface area contributed by atoms with E-state index in [0.29, 0.717) is 17.4 Å². The number of rotatable bonds is 85. The molecule has 0 aliphatic rings. The molecule has 0 rings (SSSR count). The maximum atomic E-state index is 13.0. The van der Waals surface area contributed by atoms with Crippen molar-refractivity contribution < 1.29 is 42.9 Å². The van der Waals surface area contributed by atoms with Crippen LogP contribution in [0, 0.1) is 0 Å². The summed E-state index contributed by atoms with van der Waals surface area (Å²) in [7, 11) is 5.96. The molecule has 0 aromatic carbocycles. The van der Waals surface area contributed by atoms with E-state index in [9.17, 15) is 19.5 Å². The SMILES string of the molecule is CC/C=C\C/C=C\C/C=C\C/C=C\CCCCCCCCCCCCCCCCCCCCCCCCCCC(=O)OC(COC(=O)CCCCCCCCCCCCCCCCCCCCCCCCCCCCCCCCCCCCCCCCC)COC(OCC[N+](C)(C)C)C(=O)[O-]. The second kappa shape index (κ2) is 82.9. The molecule has 0 aromatic heterocycles. The van der Waals surface area contributed by atoms with Crippen molar-refractivity contribution >= 4 is 17.9 Å². The second-order valence-corrected chi connectivity index (χ2v) is 31.9. The van der Waals surface area contributed by atoms with Gasteiger partial charge in [0.25, 0.3) is 0 Å². The number of allylic oxidation sites excluding steroid dienone is 8. The Bertz CT molecular complexity index is 1800. The van der Waals surface area contributed by atoms with Crippen LogP contribution in [0.5, 0.6) is 0 Å². The lowest BCUT2D eigenvalue weighted by Gasteiger charge is -2.26. The van der Waals surface area contributed by atoms with Gasteiger partial charge < -0.3 is 33.3 Å². The standard InChI is InChI=1S/C92H173NO8/c1-6-8-10-12-14-16-18-20-22-24-26-28-30-32-34-36-38-40-42-44-45-47-48-50-52-54-56-58-60-62-64-66-68-70-72-74-76-78-80-82-89(94)99-86-88(87-100-92(91(96)97)98-85-84-93(3,4)5)101-90(95)83-81-79-77-75-73-71-69-67-65-63-61-59-57-55-53-51-49-46-43-41-39-37-35-33-31-29-27-25-23-21-19-17-15-13-11-9-7-2/h9,11,15,17,21,23,27,29,88,92H,6-8,10,12-14,16,18-20,22,24-26,28,30-87H2,1-5H3/b11-9-,17-15-,23-21-,29-27-. The predicted octanol–water partition coefficient (Wildman–Crippen LogP) is 27.8. The van der Waals surface area contributed by atoms with Crippen LogP contribution in [0.25, 0.3) is 0 Å². The van der Waals surface area contributed by atoms with Crippen LogP contribution >= 0.6 is 0 Å². The smallest absolute Gasteiger partial charge is 0.306 e. The summed E-state index contributed by atoms with van der Waals surface area (Å²) in [6, 6.07) is 0. The molecule has 0 aliphatic heterocycles. The molecule has 0 saturated carbocycles. The van der Waals surface area contributed by atoms with Gasteiger partial charge in [-0.15, -0.1) is 0 Å². The summed E-state index contributed by atoms with van der Waals surface area (Å²) in [6.07, 6.45) is 107. The van der Waals surface area contributed by atoms with E-state index in [4.69, 9.17) is 18.9 Å². The van der Waals surface area contributed by atoms with Crippen molar-refractivity contribution in [3.8, 4) is 0 Å². The lowest BCUT2D eigenvalue weighted by molar-refractivity contribution is -0.870. The average Bonchev–Trinajstić information content (AvgIpc) is 1.25. The second-order valence-electron chi connectivity index (χ2n) is 31.9. The van der Waals surface area contributed by atoms with Crippen LogP contribution in [0.3, 0.4) is 0 Å². The first kappa shape index (κ1) is 98.2. The van der Waals surface area contributed by atoms with Crippen LogP contribution in [-0.2, 0) is 33.3 Å². The molecule has 0 saturated heterocycles. The zero-order valence-corrected chi connectivity index (χ0v) is 68.3. The van der Waals surface area contributed by atoms with Gasteiger partial charge in [-0.3, -0.25) is 9.59 Å². The molecule has 594 valence electrons. The summed E-state index contributed by atoms with van der Waals surface area (Å²) >= 11 is 0. The highest BCUT2D eigenvalue weighted by Crippen LogP contribution is 2.21. The van der Waals surface area contributed by atoms with Gasteiger partial charge in [-0.25, -0.2) is 0 Å². The molecule has 0 aliphatic carbocycles. The molecule has 2 unspecified atom stereocenters. The number of quaternary nitrogens is 1. The summed E-state index contributed by atoms with van der Waals surface area (Å²) in [6.45, 7) is 4.73.